The molecule has 0 radical (unpaired) electrons. The van der Waals surface area contributed by atoms with Gasteiger partial charge in [0, 0.05) is 21.7 Å². The SMILES string of the molecule is CS(=O)(=O)Nc1ccc(C(=O)Nc2ccc(Cl)cc2C(=O)c2ccccc2)cc1Cl. The van der Waals surface area contributed by atoms with Crippen molar-refractivity contribution in [1.29, 1.82) is 0 Å². The summed E-state index contributed by atoms with van der Waals surface area (Å²) in [6, 6.07) is 17.3. The molecule has 9 heteroatoms. The molecule has 3 aromatic rings. The van der Waals surface area contributed by atoms with Gasteiger partial charge in [-0.1, -0.05) is 53.5 Å². The Morgan fingerprint density at radius 1 is 0.833 bits per heavy atom. The summed E-state index contributed by atoms with van der Waals surface area (Å²) in [4.78, 5) is 25.6. The van der Waals surface area contributed by atoms with Crippen LogP contribution in [-0.4, -0.2) is 26.4 Å². The first-order chi connectivity index (χ1) is 14.1. The molecule has 3 aromatic carbocycles. The summed E-state index contributed by atoms with van der Waals surface area (Å²) in [7, 11) is -3.51. The van der Waals surface area contributed by atoms with E-state index in [9.17, 15) is 18.0 Å². The van der Waals surface area contributed by atoms with E-state index >= 15 is 0 Å². The fourth-order valence-corrected chi connectivity index (χ4v) is 3.73. The van der Waals surface area contributed by atoms with E-state index in [1.54, 1.807) is 36.4 Å². The maximum atomic E-state index is 12.9. The molecule has 0 spiro atoms. The predicted molar refractivity (Wildman–Crippen MR) is 119 cm³/mol. The lowest BCUT2D eigenvalue weighted by molar-refractivity contribution is 0.102. The van der Waals surface area contributed by atoms with Crippen molar-refractivity contribution in [1.82, 2.24) is 0 Å². The second kappa shape index (κ2) is 8.87. The van der Waals surface area contributed by atoms with Gasteiger partial charge < -0.3 is 5.32 Å². The number of sulfonamides is 1. The molecule has 0 unspecified atom stereocenters. The van der Waals surface area contributed by atoms with Crippen LogP contribution < -0.4 is 10.0 Å². The number of hydrogen-bond donors (Lipinski definition) is 2. The molecule has 154 valence electrons. The van der Waals surface area contributed by atoms with E-state index in [-0.39, 0.29) is 33.3 Å². The lowest BCUT2D eigenvalue weighted by Crippen LogP contribution is -2.16. The Kier molecular flexibility index (Phi) is 6.45. The third-order valence-corrected chi connectivity index (χ3v) is 5.18. The van der Waals surface area contributed by atoms with Gasteiger partial charge in [0.2, 0.25) is 10.0 Å². The van der Waals surface area contributed by atoms with E-state index in [0.29, 0.717) is 10.6 Å². The van der Waals surface area contributed by atoms with Crippen molar-refractivity contribution in [2.45, 2.75) is 0 Å². The number of carbonyl (C=O) groups excluding carboxylic acids is 2. The normalized spacial score (nSPS) is 11.0. The van der Waals surface area contributed by atoms with Crippen LogP contribution in [0.15, 0.2) is 66.7 Å². The standard InChI is InChI=1S/C21H16Cl2N2O4S/c1-30(28,29)25-19-9-7-14(11-17(19)23)21(27)24-18-10-8-15(22)12-16(18)20(26)13-5-3-2-4-6-13/h2-12,25H,1H3,(H,24,27). The Bertz CT molecular complexity index is 1230. The Morgan fingerprint density at radius 3 is 2.13 bits per heavy atom. The van der Waals surface area contributed by atoms with Crippen LogP contribution in [0.1, 0.15) is 26.3 Å². The van der Waals surface area contributed by atoms with Crippen molar-refractivity contribution in [2.75, 3.05) is 16.3 Å². The minimum absolute atomic E-state index is 0.0600. The Hall–Kier alpha value is -2.87. The quantitative estimate of drug-likeness (QED) is 0.512. The minimum Gasteiger partial charge on any atom is -0.321 e. The van der Waals surface area contributed by atoms with Crippen molar-refractivity contribution < 1.29 is 18.0 Å². The van der Waals surface area contributed by atoms with E-state index in [4.69, 9.17) is 23.2 Å². The fourth-order valence-electron chi connectivity index (χ4n) is 2.69. The van der Waals surface area contributed by atoms with Crippen LogP contribution >= 0.6 is 23.2 Å². The molecule has 0 aromatic heterocycles. The molecule has 0 saturated carbocycles. The molecule has 1 amide bonds. The van der Waals surface area contributed by atoms with Gasteiger partial charge in [0.25, 0.3) is 5.91 Å². The van der Waals surface area contributed by atoms with Crippen molar-refractivity contribution in [2.24, 2.45) is 0 Å². The van der Waals surface area contributed by atoms with Gasteiger partial charge in [-0.2, -0.15) is 0 Å². The van der Waals surface area contributed by atoms with Crippen LogP contribution in [0.25, 0.3) is 0 Å². The zero-order chi connectivity index (χ0) is 21.9. The van der Waals surface area contributed by atoms with Crippen molar-refractivity contribution in [3.63, 3.8) is 0 Å². The number of amides is 1. The number of rotatable bonds is 6. The summed E-state index contributed by atoms with van der Waals surface area (Å²) in [6.45, 7) is 0. The number of anilines is 2. The lowest BCUT2D eigenvalue weighted by atomic mass is 10.0. The number of benzene rings is 3. The molecule has 30 heavy (non-hydrogen) atoms. The molecule has 0 aliphatic rings. The summed E-state index contributed by atoms with van der Waals surface area (Å²) in [5, 5.41) is 3.10. The molecular formula is C21H16Cl2N2O4S. The molecule has 0 heterocycles. The molecule has 2 N–H and O–H groups in total. The molecule has 0 atom stereocenters. The average Bonchev–Trinajstić information content (AvgIpc) is 2.70. The van der Waals surface area contributed by atoms with Gasteiger partial charge in [-0.05, 0) is 36.4 Å². The van der Waals surface area contributed by atoms with E-state index in [1.807, 2.05) is 0 Å². The Balaban J connectivity index is 1.89. The van der Waals surface area contributed by atoms with Crippen LogP contribution in [-0.2, 0) is 10.0 Å². The van der Waals surface area contributed by atoms with Crippen LogP contribution in [0, 0.1) is 0 Å². The predicted octanol–water partition coefficient (Wildman–Crippen LogP) is 4.85. The lowest BCUT2D eigenvalue weighted by Gasteiger charge is -2.12. The van der Waals surface area contributed by atoms with Gasteiger partial charge in [0.05, 0.1) is 22.7 Å². The number of nitrogens with one attached hydrogen (secondary N) is 2. The van der Waals surface area contributed by atoms with Gasteiger partial charge in [0.15, 0.2) is 5.78 Å². The van der Waals surface area contributed by atoms with Crippen molar-refractivity contribution in [3.8, 4) is 0 Å². The van der Waals surface area contributed by atoms with E-state index in [0.717, 1.165) is 6.26 Å². The zero-order valence-electron chi connectivity index (χ0n) is 15.6. The second-order valence-electron chi connectivity index (χ2n) is 6.41. The van der Waals surface area contributed by atoms with Gasteiger partial charge in [0.1, 0.15) is 0 Å². The van der Waals surface area contributed by atoms with Crippen molar-refractivity contribution >= 4 is 56.3 Å². The number of ketones is 1. The molecule has 0 aliphatic carbocycles. The van der Waals surface area contributed by atoms with E-state index in [1.165, 1.54) is 30.3 Å². The minimum atomic E-state index is -3.51. The molecule has 6 nitrogen and oxygen atoms in total. The highest BCUT2D eigenvalue weighted by Crippen LogP contribution is 2.27. The average molecular weight is 463 g/mol. The van der Waals surface area contributed by atoms with Crippen LogP contribution in [0.2, 0.25) is 10.0 Å². The molecule has 0 aliphatic heterocycles. The molecule has 0 saturated heterocycles. The van der Waals surface area contributed by atoms with Crippen LogP contribution in [0.3, 0.4) is 0 Å². The highest BCUT2D eigenvalue weighted by atomic mass is 35.5. The first-order valence-electron chi connectivity index (χ1n) is 8.62. The van der Waals surface area contributed by atoms with Crippen LogP contribution in [0.5, 0.6) is 0 Å². The summed E-state index contributed by atoms with van der Waals surface area (Å²) in [6.07, 6.45) is 0.996. The van der Waals surface area contributed by atoms with Gasteiger partial charge >= 0.3 is 0 Å². The Morgan fingerprint density at radius 2 is 1.50 bits per heavy atom. The van der Waals surface area contributed by atoms with E-state index < -0.39 is 15.9 Å². The van der Waals surface area contributed by atoms with Gasteiger partial charge in [-0.3, -0.25) is 14.3 Å². The molecule has 0 fully saturated rings. The highest BCUT2D eigenvalue weighted by molar-refractivity contribution is 7.92. The largest absolute Gasteiger partial charge is 0.321 e. The summed E-state index contributed by atoms with van der Waals surface area (Å²) >= 11 is 12.1. The summed E-state index contributed by atoms with van der Waals surface area (Å²) in [5.74, 6) is -0.814. The fraction of sp³-hybridized carbons (Fsp3) is 0.0476. The Labute approximate surface area is 183 Å². The third kappa shape index (κ3) is 5.38. The maximum Gasteiger partial charge on any atom is 0.255 e. The summed E-state index contributed by atoms with van der Waals surface area (Å²) in [5.41, 5.74) is 1.32. The smallest absolute Gasteiger partial charge is 0.255 e. The van der Waals surface area contributed by atoms with E-state index in [2.05, 4.69) is 10.0 Å². The number of halogens is 2. The third-order valence-electron chi connectivity index (χ3n) is 4.04. The zero-order valence-corrected chi connectivity index (χ0v) is 18.0. The maximum absolute atomic E-state index is 12.9. The van der Waals surface area contributed by atoms with Gasteiger partial charge in [-0.25, -0.2) is 8.42 Å². The van der Waals surface area contributed by atoms with Gasteiger partial charge in [-0.15, -0.1) is 0 Å². The number of carbonyl (C=O) groups is 2. The molecular weight excluding hydrogens is 447 g/mol. The molecule has 3 rings (SSSR count). The molecule has 0 bridgehead atoms. The van der Waals surface area contributed by atoms with Crippen molar-refractivity contribution in [3.05, 3.63) is 93.5 Å². The monoisotopic (exact) mass is 462 g/mol. The first-order valence-corrected chi connectivity index (χ1v) is 11.3. The highest BCUT2D eigenvalue weighted by Gasteiger charge is 2.17. The topological polar surface area (TPSA) is 92.3 Å². The van der Waals surface area contributed by atoms with Crippen LogP contribution in [0.4, 0.5) is 11.4 Å². The number of hydrogen-bond acceptors (Lipinski definition) is 4. The first kappa shape index (κ1) is 21.8. The second-order valence-corrected chi connectivity index (χ2v) is 9.00. The summed E-state index contributed by atoms with van der Waals surface area (Å²) < 4.78 is 25.0.